The molecule has 0 radical (unpaired) electrons. The van der Waals surface area contributed by atoms with Crippen LogP contribution in [0.3, 0.4) is 0 Å². The Bertz CT molecular complexity index is 1370. The molecular weight excluding hydrogens is 516 g/mol. The number of thioether (sulfide) groups is 1. The Morgan fingerprint density at radius 1 is 1.00 bits per heavy atom. The maximum Gasteiger partial charge on any atom is 0.248 e. The Balaban J connectivity index is 1.40. The average Bonchev–Trinajstić information content (AvgIpc) is 3.45. The summed E-state index contributed by atoms with van der Waals surface area (Å²) >= 11 is 1.59. The highest BCUT2D eigenvalue weighted by atomic mass is 32.2. The van der Waals surface area contributed by atoms with Crippen LogP contribution in [0.2, 0.25) is 0 Å². The number of likely N-dealkylation sites (N-methyl/N-ethyl adjacent to an activating group) is 1. The highest BCUT2D eigenvalue weighted by Gasteiger charge is 2.73. The molecule has 4 aliphatic heterocycles. The molecule has 1 unspecified atom stereocenters. The van der Waals surface area contributed by atoms with E-state index in [1.807, 2.05) is 49.4 Å². The lowest BCUT2D eigenvalue weighted by atomic mass is 9.74. The minimum atomic E-state index is -0.859. The van der Waals surface area contributed by atoms with Gasteiger partial charge in [0.05, 0.1) is 22.1 Å². The van der Waals surface area contributed by atoms with Crippen LogP contribution in [0.5, 0.6) is 0 Å². The van der Waals surface area contributed by atoms with Gasteiger partial charge in [0.1, 0.15) is 18.2 Å². The Hall–Kier alpha value is -3.18. The fourth-order valence-electron chi connectivity index (χ4n) is 6.81. The Labute approximate surface area is 231 Å². The first-order valence-corrected chi connectivity index (χ1v) is 14.4. The predicted molar refractivity (Wildman–Crippen MR) is 147 cm³/mol. The molecule has 1 spiro atoms. The number of nitrogens with zero attached hydrogens (tertiary/aromatic N) is 6. The fourth-order valence-corrected chi connectivity index (χ4v) is 8.97. The van der Waals surface area contributed by atoms with Gasteiger partial charge in [-0.3, -0.25) is 14.4 Å². The average molecular weight is 551 g/mol. The molecule has 5 atom stereocenters. The summed E-state index contributed by atoms with van der Waals surface area (Å²) in [5.41, 5.74) is 1.58. The van der Waals surface area contributed by atoms with Crippen molar-refractivity contribution in [2.75, 3.05) is 33.3 Å². The van der Waals surface area contributed by atoms with Crippen molar-refractivity contribution < 1.29 is 19.5 Å². The van der Waals surface area contributed by atoms with E-state index in [9.17, 15) is 19.5 Å². The minimum absolute atomic E-state index is 0.0536. The third kappa shape index (κ3) is 4.00. The fraction of sp³-hybridized carbons (Fsp3) is 0.536. The van der Waals surface area contributed by atoms with Gasteiger partial charge in [-0.05, 0) is 38.3 Å². The van der Waals surface area contributed by atoms with Crippen molar-refractivity contribution in [3.05, 3.63) is 48.6 Å². The van der Waals surface area contributed by atoms with Gasteiger partial charge in [-0.2, -0.15) is 0 Å². The van der Waals surface area contributed by atoms with Crippen LogP contribution in [0.25, 0.3) is 11.0 Å². The topological polar surface area (TPSA) is 112 Å². The Kier molecular flexibility index (Phi) is 6.53. The predicted octanol–water partition coefficient (Wildman–Crippen LogP) is 1.67. The molecule has 1 aromatic heterocycles. The second-order valence-corrected chi connectivity index (χ2v) is 12.9. The monoisotopic (exact) mass is 550 g/mol. The lowest BCUT2D eigenvalue weighted by molar-refractivity contribution is -0.145. The number of rotatable bonds is 7. The summed E-state index contributed by atoms with van der Waals surface area (Å²) in [7, 11) is 1.77. The normalized spacial score (nSPS) is 32.0. The molecule has 2 fully saturated rings. The molecule has 39 heavy (non-hydrogen) atoms. The molecule has 2 saturated heterocycles. The van der Waals surface area contributed by atoms with Gasteiger partial charge in [-0.15, -0.1) is 16.9 Å². The molecule has 6 rings (SSSR count). The Morgan fingerprint density at radius 2 is 1.79 bits per heavy atom. The maximum atomic E-state index is 14.5. The molecule has 11 heteroatoms. The van der Waals surface area contributed by atoms with Crippen LogP contribution < -0.4 is 0 Å². The van der Waals surface area contributed by atoms with Crippen LogP contribution >= 0.6 is 11.8 Å². The molecule has 0 aliphatic carbocycles. The molecule has 206 valence electrons. The van der Waals surface area contributed by atoms with E-state index >= 15 is 0 Å². The van der Waals surface area contributed by atoms with Gasteiger partial charge in [-0.25, -0.2) is 4.68 Å². The number of aromatic nitrogens is 3. The molecule has 2 aromatic rings. The molecule has 1 N–H and O–H groups in total. The number of benzene rings is 1. The number of likely N-dealkylation sites (tertiary alicyclic amines) is 1. The summed E-state index contributed by atoms with van der Waals surface area (Å²) in [6, 6.07) is 6.88. The molecule has 1 aromatic carbocycles. The van der Waals surface area contributed by atoms with Gasteiger partial charge in [0.15, 0.2) is 0 Å². The molecule has 0 bridgehead atoms. The number of aliphatic hydroxyl groups is 1. The van der Waals surface area contributed by atoms with Crippen molar-refractivity contribution >= 4 is 40.5 Å². The Morgan fingerprint density at radius 3 is 2.62 bits per heavy atom. The molecule has 5 heterocycles. The van der Waals surface area contributed by atoms with Crippen LogP contribution in [0, 0.1) is 11.8 Å². The minimum Gasteiger partial charge on any atom is -0.396 e. The van der Waals surface area contributed by atoms with Crippen molar-refractivity contribution in [3.8, 4) is 0 Å². The van der Waals surface area contributed by atoms with Gasteiger partial charge >= 0.3 is 0 Å². The van der Waals surface area contributed by atoms with Crippen LogP contribution in [0.15, 0.2) is 48.6 Å². The number of aliphatic hydroxyl groups excluding tert-OH is 1. The summed E-state index contributed by atoms with van der Waals surface area (Å²) in [5, 5.41) is 17.8. The van der Waals surface area contributed by atoms with Gasteiger partial charge < -0.3 is 19.8 Å². The quantitative estimate of drug-likeness (QED) is 0.412. The maximum absolute atomic E-state index is 14.5. The van der Waals surface area contributed by atoms with Crippen molar-refractivity contribution in [1.82, 2.24) is 29.7 Å². The lowest BCUT2D eigenvalue weighted by Crippen LogP contribution is -2.53. The SMILES string of the molecule is CN1CC=C[C@@]2(C)S[C@]34C=CCN(Cn5nnc6ccccc65)C(=O)C3N(CCCCCO)C(=O)[C@@H]4[C@H]2C1=O. The number of amides is 3. The summed E-state index contributed by atoms with van der Waals surface area (Å²) in [5.74, 6) is -1.53. The summed E-state index contributed by atoms with van der Waals surface area (Å²) in [6.45, 7) is 3.61. The van der Waals surface area contributed by atoms with Crippen LogP contribution in [-0.2, 0) is 21.1 Å². The largest absolute Gasteiger partial charge is 0.396 e. The molecule has 3 amide bonds. The zero-order valence-electron chi connectivity index (χ0n) is 22.3. The number of carbonyl (C=O) groups is 3. The van der Waals surface area contributed by atoms with Gasteiger partial charge in [-0.1, -0.05) is 41.7 Å². The number of unbranched alkanes of at least 4 members (excludes halogenated alkanes) is 2. The van der Waals surface area contributed by atoms with Gasteiger partial charge in [0.25, 0.3) is 0 Å². The van der Waals surface area contributed by atoms with Crippen LogP contribution in [0.1, 0.15) is 26.2 Å². The van der Waals surface area contributed by atoms with Crippen molar-refractivity contribution in [2.24, 2.45) is 11.8 Å². The van der Waals surface area contributed by atoms with E-state index in [1.165, 1.54) is 0 Å². The summed E-state index contributed by atoms with van der Waals surface area (Å²) < 4.78 is 0.250. The molecule has 0 saturated carbocycles. The lowest BCUT2D eigenvalue weighted by Gasteiger charge is -2.36. The third-order valence-electron chi connectivity index (χ3n) is 8.62. The highest BCUT2D eigenvalue weighted by molar-refractivity contribution is 8.02. The highest BCUT2D eigenvalue weighted by Crippen LogP contribution is 2.65. The van der Waals surface area contributed by atoms with E-state index in [4.69, 9.17) is 0 Å². The smallest absolute Gasteiger partial charge is 0.248 e. The van der Waals surface area contributed by atoms with E-state index in [1.54, 1.807) is 38.2 Å². The van der Waals surface area contributed by atoms with E-state index in [0.717, 1.165) is 17.5 Å². The second-order valence-electron chi connectivity index (χ2n) is 11.1. The third-order valence-corrected chi connectivity index (χ3v) is 10.4. The standard InChI is InChI=1S/C28H34N6O4S/c1-27-12-8-14-31(2)24(36)21(27)22-25(37)33(16-6-3-7-17-35)23-26(38)32(15-9-13-28(22,23)39-27)18-34-20-11-5-4-10-19(20)29-30-34/h4-5,8-13,21-23,35H,3,6-7,14-18H2,1-2H3/t21-,22-,23?,27+,28-/m0/s1. The van der Waals surface area contributed by atoms with Crippen molar-refractivity contribution in [3.63, 3.8) is 0 Å². The number of hydrogen-bond acceptors (Lipinski definition) is 7. The number of fused-ring (bicyclic) bond motifs is 3. The molecular formula is C28H34N6O4S. The second kappa shape index (κ2) is 9.78. The first-order chi connectivity index (χ1) is 18.8. The first-order valence-electron chi connectivity index (χ1n) is 13.6. The van der Waals surface area contributed by atoms with Crippen molar-refractivity contribution in [2.45, 2.75) is 48.4 Å². The summed E-state index contributed by atoms with van der Waals surface area (Å²) in [4.78, 5) is 47.6. The van der Waals surface area contributed by atoms with E-state index < -0.39 is 27.4 Å². The molecule has 10 nitrogen and oxygen atoms in total. The van der Waals surface area contributed by atoms with Gasteiger partial charge in [0, 0.05) is 38.0 Å². The van der Waals surface area contributed by atoms with Crippen LogP contribution in [-0.4, -0.2) is 101 Å². The zero-order chi connectivity index (χ0) is 27.4. The van der Waals surface area contributed by atoms with Gasteiger partial charge in [0.2, 0.25) is 17.7 Å². The number of para-hydroxylation sites is 1. The molecule has 4 aliphatic rings. The van der Waals surface area contributed by atoms with Crippen molar-refractivity contribution in [1.29, 1.82) is 0 Å². The first kappa shape index (κ1) is 26.1. The van der Waals surface area contributed by atoms with Crippen LogP contribution in [0.4, 0.5) is 0 Å². The zero-order valence-corrected chi connectivity index (χ0v) is 23.1. The van der Waals surface area contributed by atoms with E-state index in [2.05, 4.69) is 16.4 Å². The van der Waals surface area contributed by atoms with E-state index in [0.29, 0.717) is 32.5 Å². The van der Waals surface area contributed by atoms with E-state index in [-0.39, 0.29) is 31.0 Å². The number of carbonyl (C=O) groups excluding carboxylic acids is 3. The number of hydrogen-bond donors (Lipinski definition) is 1. The summed E-state index contributed by atoms with van der Waals surface area (Å²) in [6.07, 6.45) is 10.2.